The Kier molecular flexibility index (Phi) is 3.86. The number of hydrogen-bond acceptors (Lipinski definition) is 2. The summed E-state index contributed by atoms with van der Waals surface area (Å²) < 4.78 is 14.6. The molecule has 0 aromatic heterocycles. The molecule has 1 N–H and O–H groups in total. The topological polar surface area (TPSA) is 49.4 Å². The first-order chi connectivity index (χ1) is 9.31. The predicted molar refractivity (Wildman–Crippen MR) is 77.9 cm³/mol. The molecule has 0 spiro atoms. The predicted octanol–water partition coefficient (Wildman–Crippen LogP) is 2.61. The molecule has 20 heavy (non-hydrogen) atoms. The van der Waals surface area contributed by atoms with E-state index in [2.05, 4.69) is 21.2 Å². The average molecular weight is 343 g/mol. The largest absolute Gasteiger partial charge is 0.340 e. The zero-order chi connectivity index (χ0) is 15.1. The van der Waals surface area contributed by atoms with Crippen LogP contribution in [0.4, 0.5) is 10.1 Å². The summed E-state index contributed by atoms with van der Waals surface area (Å²) in [6, 6.07) is 3.71. The Morgan fingerprint density at radius 3 is 2.65 bits per heavy atom. The molecular formula is C14H16BrFN2O2. The van der Waals surface area contributed by atoms with Crippen LogP contribution in [0.3, 0.4) is 0 Å². The monoisotopic (exact) mass is 342 g/mol. The minimum absolute atomic E-state index is 0.111. The molecule has 1 heterocycles. The smallest absolute Gasteiger partial charge is 0.253 e. The number of nitrogens with one attached hydrogen (secondary N) is 1. The van der Waals surface area contributed by atoms with Gasteiger partial charge in [-0.2, -0.15) is 0 Å². The summed E-state index contributed by atoms with van der Waals surface area (Å²) in [6.07, 6.45) is 0.437. The summed E-state index contributed by atoms with van der Waals surface area (Å²) >= 11 is 3.25. The molecule has 1 saturated heterocycles. The molecule has 2 amide bonds. The van der Waals surface area contributed by atoms with Crippen molar-refractivity contribution in [2.24, 2.45) is 0 Å². The van der Waals surface area contributed by atoms with Crippen molar-refractivity contribution in [1.29, 1.82) is 0 Å². The van der Waals surface area contributed by atoms with Gasteiger partial charge < -0.3 is 5.32 Å². The fraction of sp³-hybridized carbons (Fsp3) is 0.429. The third-order valence-corrected chi connectivity index (χ3v) is 4.38. The minimum Gasteiger partial charge on any atom is -0.340 e. The van der Waals surface area contributed by atoms with Crippen LogP contribution in [0, 0.1) is 5.82 Å². The maximum absolute atomic E-state index is 14.1. The number of carbonyl (C=O) groups excluding carboxylic acids is 2. The highest BCUT2D eigenvalue weighted by Crippen LogP contribution is 2.34. The van der Waals surface area contributed by atoms with Crippen LogP contribution in [0.2, 0.25) is 0 Å². The normalized spacial score (nSPS) is 26.6. The summed E-state index contributed by atoms with van der Waals surface area (Å²) in [7, 11) is 0. The van der Waals surface area contributed by atoms with E-state index in [0.29, 0.717) is 10.9 Å². The summed E-state index contributed by atoms with van der Waals surface area (Å²) in [5, 5.41) is 2.71. The summed E-state index contributed by atoms with van der Waals surface area (Å²) in [6.45, 7) is 5.05. The van der Waals surface area contributed by atoms with Crippen LogP contribution >= 0.6 is 15.9 Å². The Morgan fingerprint density at radius 1 is 1.45 bits per heavy atom. The number of nitrogens with zero attached hydrogens (tertiary/aromatic N) is 1. The molecular weight excluding hydrogens is 327 g/mol. The van der Waals surface area contributed by atoms with Crippen molar-refractivity contribution in [2.75, 3.05) is 4.90 Å². The molecule has 0 bridgehead atoms. The number of carbonyl (C=O) groups is 2. The summed E-state index contributed by atoms with van der Waals surface area (Å²) in [5.74, 6) is -1.13. The average Bonchev–Trinajstić information content (AvgIpc) is 2.40. The second kappa shape index (κ2) is 5.16. The second-order valence-electron chi connectivity index (χ2n) is 5.10. The molecule has 1 aliphatic rings. The molecule has 1 aliphatic heterocycles. The number of halogens is 2. The van der Waals surface area contributed by atoms with Crippen molar-refractivity contribution >= 4 is 33.4 Å². The van der Waals surface area contributed by atoms with E-state index in [4.69, 9.17) is 0 Å². The number of anilines is 1. The highest BCUT2D eigenvalue weighted by molar-refractivity contribution is 9.10. The lowest BCUT2D eigenvalue weighted by molar-refractivity contribution is -0.137. The van der Waals surface area contributed by atoms with E-state index < -0.39 is 17.4 Å². The number of rotatable bonds is 2. The van der Waals surface area contributed by atoms with Crippen LogP contribution in [-0.4, -0.2) is 23.4 Å². The maximum Gasteiger partial charge on any atom is 0.253 e. The Labute approximate surface area is 125 Å². The van der Waals surface area contributed by atoms with E-state index in [1.807, 2.05) is 6.92 Å². The number of piperazine rings is 1. The van der Waals surface area contributed by atoms with Crippen LogP contribution in [0.1, 0.15) is 27.2 Å². The molecule has 4 nitrogen and oxygen atoms in total. The van der Waals surface area contributed by atoms with Gasteiger partial charge in [0.1, 0.15) is 17.4 Å². The number of amides is 2. The Balaban J connectivity index is 2.58. The lowest BCUT2D eigenvalue weighted by Crippen LogP contribution is -2.68. The third kappa shape index (κ3) is 2.22. The van der Waals surface area contributed by atoms with E-state index in [0.717, 1.165) is 0 Å². The van der Waals surface area contributed by atoms with E-state index >= 15 is 0 Å². The molecule has 2 unspecified atom stereocenters. The summed E-state index contributed by atoms with van der Waals surface area (Å²) in [5.41, 5.74) is -0.898. The van der Waals surface area contributed by atoms with Crippen molar-refractivity contribution in [3.63, 3.8) is 0 Å². The van der Waals surface area contributed by atoms with Gasteiger partial charge in [0.25, 0.3) is 5.91 Å². The number of hydrogen-bond donors (Lipinski definition) is 1. The first-order valence-corrected chi connectivity index (χ1v) is 7.21. The lowest BCUT2D eigenvalue weighted by Gasteiger charge is -2.43. The SMILES string of the molecule is CCC1(C)NC(=O)C(C)N(c2c(F)cccc2Br)C1=O. The Morgan fingerprint density at radius 2 is 2.10 bits per heavy atom. The zero-order valence-electron chi connectivity index (χ0n) is 11.5. The first-order valence-electron chi connectivity index (χ1n) is 6.41. The lowest BCUT2D eigenvalue weighted by atomic mass is 9.91. The highest BCUT2D eigenvalue weighted by Gasteiger charge is 2.47. The quantitative estimate of drug-likeness (QED) is 0.898. The fourth-order valence-electron chi connectivity index (χ4n) is 2.24. The Bertz CT molecular complexity index is 558. The molecule has 2 atom stereocenters. The molecule has 0 aliphatic carbocycles. The van der Waals surface area contributed by atoms with Gasteiger partial charge in [-0.15, -0.1) is 0 Å². The van der Waals surface area contributed by atoms with Crippen LogP contribution in [0.15, 0.2) is 22.7 Å². The van der Waals surface area contributed by atoms with Gasteiger partial charge in [-0.1, -0.05) is 13.0 Å². The molecule has 0 radical (unpaired) electrons. The zero-order valence-corrected chi connectivity index (χ0v) is 13.1. The summed E-state index contributed by atoms with van der Waals surface area (Å²) in [4.78, 5) is 26.0. The van der Waals surface area contributed by atoms with Crippen molar-refractivity contribution in [3.8, 4) is 0 Å². The number of benzene rings is 1. The van der Waals surface area contributed by atoms with Crippen LogP contribution in [0.25, 0.3) is 0 Å². The molecule has 1 aromatic carbocycles. The maximum atomic E-state index is 14.1. The van der Waals surface area contributed by atoms with Crippen LogP contribution < -0.4 is 10.2 Å². The molecule has 6 heteroatoms. The van der Waals surface area contributed by atoms with E-state index in [1.165, 1.54) is 11.0 Å². The van der Waals surface area contributed by atoms with Crippen molar-refractivity contribution in [3.05, 3.63) is 28.5 Å². The van der Waals surface area contributed by atoms with Crippen molar-refractivity contribution in [2.45, 2.75) is 38.8 Å². The standard InChI is InChI=1S/C14H16BrFN2O2/c1-4-14(3)13(20)18(8(2)12(19)17-14)11-9(15)6-5-7-10(11)16/h5-8H,4H2,1-3H3,(H,17,19). The van der Waals surface area contributed by atoms with Gasteiger partial charge in [-0.3, -0.25) is 14.5 Å². The van der Waals surface area contributed by atoms with Crippen molar-refractivity contribution in [1.82, 2.24) is 5.32 Å². The fourth-order valence-corrected chi connectivity index (χ4v) is 2.78. The molecule has 108 valence electrons. The van der Waals surface area contributed by atoms with Gasteiger partial charge in [-0.05, 0) is 48.3 Å². The molecule has 1 fully saturated rings. The van der Waals surface area contributed by atoms with Crippen LogP contribution in [-0.2, 0) is 9.59 Å². The highest BCUT2D eigenvalue weighted by atomic mass is 79.9. The molecule has 2 rings (SSSR count). The van der Waals surface area contributed by atoms with E-state index in [-0.39, 0.29) is 17.5 Å². The van der Waals surface area contributed by atoms with Gasteiger partial charge in [0.15, 0.2) is 0 Å². The van der Waals surface area contributed by atoms with Crippen LogP contribution in [0.5, 0.6) is 0 Å². The Hall–Kier alpha value is -1.43. The van der Waals surface area contributed by atoms with Crippen molar-refractivity contribution < 1.29 is 14.0 Å². The van der Waals surface area contributed by atoms with Gasteiger partial charge in [-0.25, -0.2) is 4.39 Å². The van der Waals surface area contributed by atoms with Gasteiger partial charge in [0.2, 0.25) is 5.91 Å². The second-order valence-corrected chi connectivity index (χ2v) is 5.95. The number of para-hydroxylation sites is 1. The minimum atomic E-state index is -1.01. The van der Waals surface area contributed by atoms with Gasteiger partial charge >= 0.3 is 0 Å². The van der Waals surface area contributed by atoms with Gasteiger partial charge in [0, 0.05) is 4.47 Å². The third-order valence-electron chi connectivity index (χ3n) is 3.74. The molecule has 1 aromatic rings. The molecule has 0 saturated carbocycles. The first kappa shape index (κ1) is 15.0. The van der Waals surface area contributed by atoms with E-state index in [1.54, 1.807) is 26.0 Å². The van der Waals surface area contributed by atoms with E-state index in [9.17, 15) is 14.0 Å². The van der Waals surface area contributed by atoms with Gasteiger partial charge in [0.05, 0.1) is 5.69 Å².